The van der Waals surface area contributed by atoms with Crippen molar-refractivity contribution in [3.63, 3.8) is 0 Å². The average Bonchev–Trinajstić information content (AvgIpc) is 3.06. The fourth-order valence-electron chi connectivity index (χ4n) is 2.17. The number of ether oxygens (including phenoxy) is 1. The Balaban J connectivity index is 2.02. The molecule has 0 saturated heterocycles. The summed E-state index contributed by atoms with van der Waals surface area (Å²) in [5.74, 6) is -1.62. The third kappa shape index (κ3) is 3.80. The van der Waals surface area contributed by atoms with Crippen LogP contribution >= 0.6 is 23.2 Å². The van der Waals surface area contributed by atoms with Crippen LogP contribution in [0, 0.1) is 22.6 Å². The van der Waals surface area contributed by atoms with Gasteiger partial charge >= 0.3 is 5.97 Å². The molecule has 0 aromatic heterocycles. The van der Waals surface area contributed by atoms with Gasteiger partial charge in [-0.1, -0.05) is 0 Å². The molecule has 1 aliphatic carbocycles. The molecule has 1 atom stereocenters. The highest BCUT2D eigenvalue weighted by Crippen LogP contribution is 2.64. The molecule has 0 bridgehead atoms. The highest BCUT2D eigenvalue weighted by atomic mass is 35.5. The fourth-order valence-corrected chi connectivity index (χ4v) is 2.86. The van der Waals surface area contributed by atoms with Gasteiger partial charge in [0.05, 0.1) is 12.5 Å². The number of anilines is 1. The molecule has 24 heavy (non-hydrogen) atoms. The topological polar surface area (TPSA) is 70.4 Å². The fraction of sp³-hybridized carbons (Fsp3) is 0.438. The van der Waals surface area contributed by atoms with Crippen molar-refractivity contribution in [1.29, 1.82) is 5.26 Å². The zero-order chi connectivity index (χ0) is 18.0. The van der Waals surface area contributed by atoms with Gasteiger partial charge in [-0.3, -0.25) is 9.59 Å². The summed E-state index contributed by atoms with van der Waals surface area (Å²) in [6.07, 6.45) is 0.341. The first-order chi connectivity index (χ1) is 11.2. The van der Waals surface area contributed by atoms with Gasteiger partial charge in [0.25, 0.3) is 5.91 Å². The number of esters is 1. The summed E-state index contributed by atoms with van der Waals surface area (Å²) in [5.41, 5.74) is -0.613. The minimum Gasteiger partial charge on any atom is -0.455 e. The molecule has 8 heteroatoms. The van der Waals surface area contributed by atoms with E-state index >= 15 is 0 Å². The minimum atomic E-state index is -1.18. The molecule has 1 aliphatic rings. The van der Waals surface area contributed by atoms with Crippen LogP contribution in [0.2, 0.25) is 0 Å². The first-order valence-corrected chi connectivity index (χ1v) is 7.95. The number of alkyl halides is 2. The average molecular weight is 373 g/mol. The molecule has 0 spiro atoms. The largest absolute Gasteiger partial charge is 0.455 e. The number of halogens is 3. The summed E-state index contributed by atoms with van der Waals surface area (Å²) < 4.78 is 16.9. The van der Waals surface area contributed by atoms with E-state index in [1.807, 2.05) is 6.07 Å². The summed E-state index contributed by atoms with van der Waals surface area (Å²) in [4.78, 5) is 25.6. The predicted octanol–water partition coefficient (Wildman–Crippen LogP) is 3.20. The number of hydrogen-bond acceptors (Lipinski definition) is 4. The Morgan fingerprint density at radius 1 is 1.38 bits per heavy atom. The Labute approximate surface area is 148 Å². The first kappa shape index (κ1) is 18.5. The summed E-state index contributed by atoms with van der Waals surface area (Å²) >= 11 is 11.8. The maximum atomic E-state index is 13.0. The second-order valence-corrected chi connectivity index (χ2v) is 7.20. The van der Waals surface area contributed by atoms with Gasteiger partial charge < -0.3 is 9.64 Å². The van der Waals surface area contributed by atoms with E-state index in [0.717, 1.165) is 0 Å². The summed E-state index contributed by atoms with van der Waals surface area (Å²) in [6.45, 7) is 1.15. The Morgan fingerprint density at radius 2 is 1.96 bits per heavy atom. The molecular weight excluding hydrogens is 358 g/mol. The van der Waals surface area contributed by atoms with Crippen molar-refractivity contribution in [1.82, 2.24) is 0 Å². The van der Waals surface area contributed by atoms with Crippen LogP contribution in [0.25, 0.3) is 0 Å². The summed E-state index contributed by atoms with van der Waals surface area (Å²) in [7, 11) is 0. The van der Waals surface area contributed by atoms with Crippen molar-refractivity contribution in [3.05, 3.63) is 30.1 Å². The van der Waals surface area contributed by atoms with Gasteiger partial charge in [-0.25, -0.2) is 4.39 Å². The van der Waals surface area contributed by atoms with E-state index in [-0.39, 0.29) is 19.4 Å². The first-order valence-electron chi connectivity index (χ1n) is 7.19. The van der Waals surface area contributed by atoms with Crippen LogP contribution in [-0.4, -0.2) is 29.4 Å². The molecule has 1 aromatic rings. The van der Waals surface area contributed by atoms with Crippen molar-refractivity contribution in [2.24, 2.45) is 5.41 Å². The highest BCUT2D eigenvalue weighted by Gasteiger charge is 2.69. The quantitative estimate of drug-likeness (QED) is 0.567. The maximum absolute atomic E-state index is 13.0. The van der Waals surface area contributed by atoms with Gasteiger partial charge in [0, 0.05) is 18.7 Å². The molecule has 1 aromatic carbocycles. The number of carbonyl (C=O) groups is 2. The summed E-state index contributed by atoms with van der Waals surface area (Å²) in [6, 6.07) is 7.17. The molecule has 0 heterocycles. The SMILES string of the molecule is CC1(C(=O)OCC(=O)N(CCC#N)c2ccc(F)cc2)CC1(Cl)Cl. The second kappa shape index (κ2) is 6.96. The Hall–Kier alpha value is -1.84. The molecule has 0 N–H and O–H groups in total. The van der Waals surface area contributed by atoms with Gasteiger partial charge in [0.2, 0.25) is 0 Å². The monoisotopic (exact) mass is 372 g/mol. The molecular formula is C16H15Cl2FN2O3. The number of carbonyl (C=O) groups excluding carboxylic acids is 2. The predicted molar refractivity (Wildman–Crippen MR) is 87.1 cm³/mol. The van der Waals surface area contributed by atoms with Crippen LogP contribution in [0.4, 0.5) is 10.1 Å². The number of amides is 1. The number of benzene rings is 1. The van der Waals surface area contributed by atoms with Crippen molar-refractivity contribution >= 4 is 40.8 Å². The lowest BCUT2D eigenvalue weighted by molar-refractivity contribution is -0.152. The van der Waals surface area contributed by atoms with Gasteiger partial charge in [-0.05, 0) is 31.2 Å². The van der Waals surface area contributed by atoms with Crippen LogP contribution in [0.15, 0.2) is 24.3 Å². The van der Waals surface area contributed by atoms with Crippen molar-refractivity contribution < 1.29 is 18.7 Å². The molecule has 0 radical (unpaired) electrons. The van der Waals surface area contributed by atoms with E-state index in [1.54, 1.807) is 6.92 Å². The molecule has 1 amide bonds. The van der Waals surface area contributed by atoms with Crippen molar-refractivity contribution in [2.45, 2.75) is 24.1 Å². The number of nitrogens with zero attached hydrogens (tertiary/aromatic N) is 2. The third-order valence-corrected chi connectivity index (χ3v) is 5.02. The van der Waals surface area contributed by atoms with Gasteiger partial charge in [0.15, 0.2) is 6.61 Å². The van der Waals surface area contributed by atoms with Crippen LogP contribution in [0.5, 0.6) is 0 Å². The van der Waals surface area contributed by atoms with E-state index in [0.29, 0.717) is 5.69 Å². The van der Waals surface area contributed by atoms with Gasteiger partial charge in [0.1, 0.15) is 15.6 Å². The number of nitriles is 1. The van der Waals surface area contributed by atoms with E-state index in [4.69, 9.17) is 33.2 Å². The Kier molecular flexibility index (Phi) is 5.36. The van der Waals surface area contributed by atoms with Crippen molar-refractivity contribution in [3.8, 4) is 6.07 Å². The van der Waals surface area contributed by atoms with Crippen LogP contribution < -0.4 is 4.90 Å². The van der Waals surface area contributed by atoms with Crippen LogP contribution in [-0.2, 0) is 14.3 Å². The molecule has 0 aliphatic heterocycles. The smallest absolute Gasteiger partial charge is 0.315 e. The molecule has 1 saturated carbocycles. The van der Waals surface area contributed by atoms with E-state index in [9.17, 15) is 14.0 Å². The minimum absolute atomic E-state index is 0.0846. The van der Waals surface area contributed by atoms with E-state index < -0.39 is 34.0 Å². The lowest BCUT2D eigenvalue weighted by Crippen LogP contribution is -2.36. The molecule has 2 rings (SSSR count). The molecule has 5 nitrogen and oxygen atoms in total. The third-order valence-electron chi connectivity index (χ3n) is 3.92. The lowest BCUT2D eigenvalue weighted by atomic mass is 10.1. The zero-order valence-corrected chi connectivity index (χ0v) is 14.4. The summed E-state index contributed by atoms with van der Waals surface area (Å²) in [5, 5.41) is 8.72. The van der Waals surface area contributed by atoms with Crippen LogP contribution in [0.3, 0.4) is 0 Å². The number of hydrogen-bond donors (Lipinski definition) is 0. The van der Waals surface area contributed by atoms with Crippen LogP contribution in [0.1, 0.15) is 19.8 Å². The molecule has 128 valence electrons. The standard InChI is InChI=1S/C16H15Cl2FN2O3/c1-15(10-16(15,17)18)14(23)24-9-13(22)21(8-2-7-20)12-5-3-11(19)4-6-12/h3-6H,2,8-10H2,1H3. The second-order valence-electron chi connectivity index (χ2n) is 5.72. The molecule has 1 fully saturated rings. The van der Waals surface area contributed by atoms with Crippen molar-refractivity contribution in [2.75, 3.05) is 18.1 Å². The van der Waals surface area contributed by atoms with Gasteiger partial charge in [-0.15, -0.1) is 23.2 Å². The zero-order valence-electron chi connectivity index (χ0n) is 12.9. The Bertz CT molecular complexity index is 688. The van der Waals surface area contributed by atoms with E-state index in [2.05, 4.69) is 0 Å². The Morgan fingerprint density at radius 3 is 2.46 bits per heavy atom. The highest BCUT2D eigenvalue weighted by molar-refractivity contribution is 6.53. The van der Waals surface area contributed by atoms with Gasteiger partial charge in [-0.2, -0.15) is 5.26 Å². The maximum Gasteiger partial charge on any atom is 0.315 e. The lowest BCUT2D eigenvalue weighted by Gasteiger charge is -2.22. The van der Waals surface area contributed by atoms with E-state index in [1.165, 1.54) is 29.2 Å². The normalized spacial score (nSPS) is 20.8. The molecule has 1 unspecified atom stereocenters. The number of rotatable bonds is 6.